The van der Waals surface area contributed by atoms with E-state index in [9.17, 15) is 9.59 Å². The van der Waals surface area contributed by atoms with E-state index in [-0.39, 0.29) is 11.6 Å². The number of anilines is 1. The number of fused-ring (bicyclic) bond motifs is 1. The fourth-order valence-corrected chi connectivity index (χ4v) is 3.31. The molecule has 0 fully saturated rings. The molecule has 0 unspecified atom stereocenters. The Morgan fingerprint density at radius 3 is 2.00 bits per heavy atom. The standard InChI is InChI=1S/C22H27N3O5/c1-6-28-18-11-14(12-19(29-7-2)20(18)30-8-3)21(26)23-15-9-10-16-17(13-15)25(5)22(27)24(16)4/h9-13H,6-8H2,1-5H3,(H,23,26). The zero-order chi connectivity index (χ0) is 21.8. The van der Waals surface area contributed by atoms with Gasteiger partial charge in [0, 0.05) is 25.3 Å². The van der Waals surface area contributed by atoms with Crippen molar-refractivity contribution < 1.29 is 19.0 Å². The molecule has 1 aromatic heterocycles. The topological polar surface area (TPSA) is 83.7 Å². The summed E-state index contributed by atoms with van der Waals surface area (Å²) in [7, 11) is 3.42. The van der Waals surface area contributed by atoms with E-state index in [1.807, 2.05) is 26.8 Å². The molecule has 1 N–H and O–H groups in total. The normalized spacial score (nSPS) is 10.8. The molecule has 8 heteroatoms. The Kier molecular flexibility index (Phi) is 6.34. The van der Waals surface area contributed by atoms with Gasteiger partial charge in [0.25, 0.3) is 5.91 Å². The quantitative estimate of drug-likeness (QED) is 0.612. The number of aromatic nitrogens is 2. The molecule has 160 valence electrons. The second-order valence-corrected chi connectivity index (χ2v) is 6.66. The highest BCUT2D eigenvalue weighted by molar-refractivity contribution is 6.05. The van der Waals surface area contributed by atoms with Gasteiger partial charge in [-0.15, -0.1) is 0 Å². The minimum atomic E-state index is -0.319. The van der Waals surface area contributed by atoms with E-state index in [1.54, 1.807) is 47.5 Å². The summed E-state index contributed by atoms with van der Waals surface area (Å²) in [5, 5.41) is 2.88. The van der Waals surface area contributed by atoms with Crippen molar-refractivity contribution in [1.29, 1.82) is 0 Å². The molecule has 30 heavy (non-hydrogen) atoms. The fraction of sp³-hybridized carbons (Fsp3) is 0.364. The molecule has 0 saturated carbocycles. The van der Waals surface area contributed by atoms with Crippen LogP contribution in [0.15, 0.2) is 35.1 Å². The van der Waals surface area contributed by atoms with Crippen molar-refractivity contribution in [2.45, 2.75) is 20.8 Å². The van der Waals surface area contributed by atoms with Crippen LogP contribution in [0.2, 0.25) is 0 Å². The Morgan fingerprint density at radius 1 is 0.867 bits per heavy atom. The number of benzene rings is 2. The Labute approximate surface area is 175 Å². The van der Waals surface area contributed by atoms with Crippen LogP contribution in [-0.4, -0.2) is 34.9 Å². The molecular weight excluding hydrogens is 386 g/mol. The van der Waals surface area contributed by atoms with Crippen LogP contribution in [0.1, 0.15) is 31.1 Å². The Hall–Kier alpha value is -3.42. The van der Waals surface area contributed by atoms with E-state index in [2.05, 4.69) is 5.32 Å². The number of amides is 1. The molecule has 3 aromatic rings. The van der Waals surface area contributed by atoms with Gasteiger partial charge >= 0.3 is 5.69 Å². The smallest absolute Gasteiger partial charge is 0.328 e. The summed E-state index contributed by atoms with van der Waals surface area (Å²) < 4.78 is 20.2. The van der Waals surface area contributed by atoms with Crippen molar-refractivity contribution in [3.05, 3.63) is 46.4 Å². The summed E-state index contributed by atoms with van der Waals surface area (Å²) >= 11 is 0. The van der Waals surface area contributed by atoms with E-state index >= 15 is 0 Å². The third-order valence-corrected chi connectivity index (χ3v) is 4.70. The van der Waals surface area contributed by atoms with E-state index in [1.165, 1.54) is 0 Å². The van der Waals surface area contributed by atoms with Gasteiger partial charge in [-0.3, -0.25) is 13.9 Å². The summed E-state index contributed by atoms with van der Waals surface area (Å²) in [6.45, 7) is 6.90. The second kappa shape index (κ2) is 8.94. The van der Waals surface area contributed by atoms with E-state index < -0.39 is 0 Å². The van der Waals surface area contributed by atoms with E-state index in [4.69, 9.17) is 14.2 Å². The average Bonchev–Trinajstić information content (AvgIpc) is 2.94. The van der Waals surface area contributed by atoms with Crippen LogP contribution >= 0.6 is 0 Å². The van der Waals surface area contributed by atoms with Crippen LogP contribution in [0.25, 0.3) is 11.0 Å². The van der Waals surface area contributed by atoms with Gasteiger partial charge in [-0.25, -0.2) is 4.79 Å². The number of nitrogens with one attached hydrogen (secondary N) is 1. The summed E-state index contributed by atoms with van der Waals surface area (Å²) in [5.74, 6) is 1.08. The number of carbonyl (C=O) groups excluding carboxylic acids is 1. The first-order valence-electron chi connectivity index (χ1n) is 9.94. The molecule has 0 bridgehead atoms. The SMILES string of the molecule is CCOc1cc(C(=O)Nc2ccc3c(c2)n(C)c(=O)n3C)cc(OCC)c1OCC. The molecular formula is C22H27N3O5. The zero-order valence-corrected chi connectivity index (χ0v) is 17.9. The third-order valence-electron chi connectivity index (χ3n) is 4.70. The largest absolute Gasteiger partial charge is 0.490 e. The molecule has 1 heterocycles. The molecule has 0 aliphatic rings. The predicted octanol–water partition coefficient (Wildman–Crippen LogP) is 3.33. The monoisotopic (exact) mass is 413 g/mol. The summed E-state index contributed by atoms with van der Waals surface area (Å²) in [4.78, 5) is 25.1. The maximum atomic E-state index is 13.0. The van der Waals surface area contributed by atoms with Gasteiger partial charge in [-0.2, -0.15) is 0 Å². The third kappa shape index (κ3) is 3.98. The molecule has 1 amide bonds. The van der Waals surface area contributed by atoms with Crippen molar-refractivity contribution in [3.63, 3.8) is 0 Å². The van der Waals surface area contributed by atoms with Crippen molar-refractivity contribution in [2.24, 2.45) is 14.1 Å². The molecule has 0 saturated heterocycles. The van der Waals surface area contributed by atoms with Gasteiger partial charge in [0.05, 0.1) is 30.9 Å². The number of carbonyl (C=O) groups is 1. The van der Waals surface area contributed by atoms with Crippen molar-refractivity contribution in [2.75, 3.05) is 25.1 Å². The van der Waals surface area contributed by atoms with Crippen molar-refractivity contribution in [1.82, 2.24) is 9.13 Å². The molecule has 0 aliphatic heterocycles. The number of nitrogens with zero attached hydrogens (tertiary/aromatic N) is 2. The second-order valence-electron chi connectivity index (χ2n) is 6.66. The number of hydrogen-bond acceptors (Lipinski definition) is 5. The molecule has 8 nitrogen and oxygen atoms in total. The van der Waals surface area contributed by atoms with Crippen LogP contribution < -0.4 is 25.2 Å². The van der Waals surface area contributed by atoms with Crippen LogP contribution in [-0.2, 0) is 14.1 Å². The zero-order valence-electron chi connectivity index (χ0n) is 17.9. The van der Waals surface area contributed by atoms with E-state index in [0.717, 1.165) is 11.0 Å². The molecule has 0 spiro atoms. The van der Waals surface area contributed by atoms with Crippen LogP contribution in [0.3, 0.4) is 0 Å². The highest BCUT2D eigenvalue weighted by atomic mass is 16.5. The van der Waals surface area contributed by atoms with Crippen LogP contribution in [0.4, 0.5) is 5.69 Å². The number of hydrogen-bond donors (Lipinski definition) is 1. The maximum Gasteiger partial charge on any atom is 0.328 e. The lowest BCUT2D eigenvalue weighted by Gasteiger charge is -2.17. The van der Waals surface area contributed by atoms with Gasteiger partial charge in [-0.1, -0.05) is 0 Å². The lowest BCUT2D eigenvalue weighted by Crippen LogP contribution is -2.19. The highest BCUT2D eigenvalue weighted by Gasteiger charge is 2.19. The molecule has 0 radical (unpaired) electrons. The lowest BCUT2D eigenvalue weighted by atomic mass is 10.1. The van der Waals surface area contributed by atoms with Crippen LogP contribution in [0, 0.1) is 0 Å². The van der Waals surface area contributed by atoms with Crippen molar-refractivity contribution in [3.8, 4) is 17.2 Å². The molecule has 0 atom stereocenters. The summed E-state index contributed by atoms with van der Waals surface area (Å²) in [5.41, 5.74) is 2.37. The number of ether oxygens (including phenoxy) is 3. The number of aryl methyl sites for hydroxylation is 2. The molecule has 3 rings (SSSR count). The molecule has 2 aromatic carbocycles. The Balaban J connectivity index is 1.97. The fourth-order valence-electron chi connectivity index (χ4n) is 3.31. The first kappa shape index (κ1) is 21.3. The first-order chi connectivity index (χ1) is 14.4. The lowest BCUT2D eigenvalue weighted by molar-refractivity contribution is 0.102. The van der Waals surface area contributed by atoms with Gasteiger partial charge in [0.1, 0.15) is 0 Å². The summed E-state index contributed by atoms with van der Waals surface area (Å²) in [6.07, 6.45) is 0. The Bertz CT molecular complexity index is 1100. The van der Waals surface area contributed by atoms with Crippen molar-refractivity contribution >= 4 is 22.6 Å². The first-order valence-corrected chi connectivity index (χ1v) is 9.94. The minimum absolute atomic E-state index is 0.122. The Morgan fingerprint density at radius 2 is 1.43 bits per heavy atom. The van der Waals surface area contributed by atoms with Gasteiger partial charge in [0.15, 0.2) is 11.5 Å². The number of rotatable bonds is 8. The predicted molar refractivity (Wildman–Crippen MR) is 116 cm³/mol. The maximum absolute atomic E-state index is 13.0. The summed E-state index contributed by atoms with van der Waals surface area (Å²) in [6, 6.07) is 8.63. The minimum Gasteiger partial charge on any atom is -0.490 e. The molecule has 0 aliphatic carbocycles. The van der Waals surface area contributed by atoms with Gasteiger partial charge in [0.2, 0.25) is 5.75 Å². The van der Waals surface area contributed by atoms with E-state index in [0.29, 0.717) is 48.3 Å². The number of imidazole rings is 1. The highest BCUT2D eigenvalue weighted by Crippen LogP contribution is 2.39. The average molecular weight is 413 g/mol. The van der Waals surface area contributed by atoms with Gasteiger partial charge in [-0.05, 0) is 51.1 Å². The van der Waals surface area contributed by atoms with Gasteiger partial charge < -0.3 is 19.5 Å². The van der Waals surface area contributed by atoms with Crippen LogP contribution in [0.5, 0.6) is 17.2 Å².